The molecule has 0 amide bonds. The van der Waals surface area contributed by atoms with Gasteiger partial charge in [0.05, 0.1) is 0 Å². The molecule has 1 aliphatic carbocycles. The predicted octanol–water partition coefficient (Wildman–Crippen LogP) is 3.87. The lowest BCUT2D eigenvalue weighted by Crippen LogP contribution is -2.38. The molecule has 1 saturated carbocycles. The molecule has 3 heteroatoms. The van der Waals surface area contributed by atoms with E-state index in [0.29, 0.717) is 0 Å². The SMILES string of the molecule is CCNCc1ccc(CN(C)C2CCCCC2C)s1. The Balaban J connectivity index is 1.87. The highest BCUT2D eigenvalue weighted by Gasteiger charge is 2.24. The smallest absolute Gasteiger partial charge is 0.0328 e. The molecule has 1 fully saturated rings. The average Bonchev–Trinajstić information content (AvgIpc) is 2.84. The summed E-state index contributed by atoms with van der Waals surface area (Å²) in [7, 11) is 2.30. The van der Waals surface area contributed by atoms with Crippen LogP contribution in [-0.4, -0.2) is 24.5 Å². The third-order valence-corrected chi connectivity index (χ3v) is 5.37. The minimum atomic E-state index is 0.785. The summed E-state index contributed by atoms with van der Waals surface area (Å²) in [5, 5.41) is 3.40. The van der Waals surface area contributed by atoms with Crippen molar-refractivity contribution in [3.8, 4) is 0 Å². The summed E-state index contributed by atoms with van der Waals surface area (Å²) in [6, 6.07) is 5.37. The third-order valence-electron chi connectivity index (χ3n) is 4.30. The van der Waals surface area contributed by atoms with Crippen molar-refractivity contribution in [2.75, 3.05) is 13.6 Å². The zero-order chi connectivity index (χ0) is 13.7. The monoisotopic (exact) mass is 280 g/mol. The van der Waals surface area contributed by atoms with Crippen LogP contribution in [0, 0.1) is 5.92 Å². The molecule has 2 rings (SSSR count). The van der Waals surface area contributed by atoms with Gasteiger partial charge in [-0.2, -0.15) is 0 Å². The van der Waals surface area contributed by atoms with Crippen LogP contribution >= 0.6 is 11.3 Å². The van der Waals surface area contributed by atoms with Crippen LogP contribution in [0.2, 0.25) is 0 Å². The van der Waals surface area contributed by atoms with E-state index in [1.165, 1.54) is 35.4 Å². The first kappa shape index (κ1) is 15.0. The third kappa shape index (κ3) is 4.30. The fraction of sp³-hybridized carbons (Fsp3) is 0.750. The summed E-state index contributed by atoms with van der Waals surface area (Å²) in [6.45, 7) is 7.77. The number of nitrogens with zero attached hydrogens (tertiary/aromatic N) is 1. The standard InChI is InChI=1S/C16H28N2S/c1-4-17-11-14-9-10-15(19-14)12-18(3)16-8-6-5-7-13(16)2/h9-10,13,16-17H,4-8,11-12H2,1-3H3. The Morgan fingerprint density at radius 2 is 2.00 bits per heavy atom. The Kier molecular flexibility index (Phi) is 5.86. The number of nitrogens with one attached hydrogen (secondary N) is 1. The van der Waals surface area contributed by atoms with Crippen molar-refractivity contribution >= 4 is 11.3 Å². The Morgan fingerprint density at radius 1 is 1.26 bits per heavy atom. The highest BCUT2D eigenvalue weighted by molar-refractivity contribution is 7.11. The van der Waals surface area contributed by atoms with Crippen LogP contribution < -0.4 is 5.32 Å². The highest BCUT2D eigenvalue weighted by atomic mass is 32.1. The molecule has 0 saturated heterocycles. The van der Waals surface area contributed by atoms with Crippen LogP contribution in [-0.2, 0) is 13.1 Å². The molecule has 1 aromatic heterocycles. The topological polar surface area (TPSA) is 15.3 Å². The molecule has 0 aliphatic heterocycles. The molecular formula is C16H28N2S. The van der Waals surface area contributed by atoms with E-state index in [-0.39, 0.29) is 0 Å². The molecule has 108 valence electrons. The Labute approximate surface area is 122 Å². The summed E-state index contributed by atoms with van der Waals surface area (Å²) < 4.78 is 0. The second kappa shape index (κ2) is 7.41. The molecule has 19 heavy (non-hydrogen) atoms. The van der Waals surface area contributed by atoms with Gasteiger partial charge in [-0.05, 0) is 44.5 Å². The first-order chi connectivity index (χ1) is 9.20. The van der Waals surface area contributed by atoms with Crippen molar-refractivity contribution in [2.24, 2.45) is 5.92 Å². The van der Waals surface area contributed by atoms with Gasteiger partial charge in [0, 0.05) is 28.9 Å². The van der Waals surface area contributed by atoms with E-state index in [1.807, 2.05) is 11.3 Å². The van der Waals surface area contributed by atoms with E-state index in [1.54, 1.807) is 0 Å². The van der Waals surface area contributed by atoms with Gasteiger partial charge in [-0.1, -0.05) is 26.7 Å². The summed E-state index contributed by atoms with van der Waals surface area (Å²) in [4.78, 5) is 5.54. The fourth-order valence-electron chi connectivity index (χ4n) is 3.17. The Morgan fingerprint density at radius 3 is 2.74 bits per heavy atom. The number of hydrogen-bond donors (Lipinski definition) is 1. The van der Waals surface area contributed by atoms with Crippen LogP contribution in [0.3, 0.4) is 0 Å². The zero-order valence-corrected chi connectivity index (χ0v) is 13.4. The largest absolute Gasteiger partial charge is 0.312 e. The van der Waals surface area contributed by atoms with Crippen molar-refractivity contribution in [1.29, 1.82) is 0 Å². The van der Waals surface area contributed by atoms with E-state index in [0.717, 1.165) is 31.6 Å². The van der Waals surface area contributed by atoms with Gasteiger partial charge in [0.15, 0.2) is 0 Å². The van der Waals surface area contributed by atoms with E-state index in [2.05, 4.69) is 43.2 Å². The van der Waals surface area contributed by atoms with Crippen LogP contribution in [0.5, 0.6) is 0 Å². The zero-order valence-electron chi connectivity index (χ0n) is 12.6. The minimum Gasteiger partial charge on any atom is -0.312 e. The second-order valence-electron chi connectivity index (χ2n) is 5.89. The molecule has 1 N–H and O–H groups in total. The van der Waals surface area contributed by atoms with Gasteiger partial charge in [-0.3, -0.25) is 4.90 Å². The maximum atomic E-state index is 3.40. The van der Waals surface area contributed by atoms with Crippen LogP contribution in [0.1, 0.15) is 49.3 Å². The normalized spacial score (nSPS) is 24.0. The number of hydrogen-bond acceptors (Lipinski definition) is 3. The molecule has 2 nitrogen and oxygen atoms in total. The van der Waals surface area contributed by atoms with Crippen molar-refractivity contribution in [3.05, 3.63) is 21.9 Å². The van der Waals surface area contributed by atoms with Crippen LogP contribution in [0.15, 0.2) is 12.1 Å². The van der Waals surface area contributed by atoms with Crippen LogP contribution in [0.4, 0.5) is 0 Å². The molecule has 2 unspecified atom stereocenters. The number of thiophene rings is 1. The molecule has 2 atom stereocenters. The lowest BCUT2D eigenvalue weighted by Gasteiger charge is -2.36. The molecule has 0 spiro atoms. The van der Waals surface area contributed by atoms with E-state index in [9.17, 15) is 0 Å². The molecule has 0 bridgehead atoms. The van der Waals surface area contributed by atoms with Crippen molar-refractivity contribution in [1.82, 2.24) is 10.2 Å². The first-order valence-electron chi connectivity index (χ1n) is 7.69. The van der Waals surface area contributed by atoms with Crippen molar-refractivity contribution in [2.45, 2.75) is 58.7 Å². The van der Waals surface area contributed by atoms with Gasteiger partial charge in [-0.15, -0.1) is 11.3 Å². The van der Waals surface area contributed by atoms with Crippen LogP contribution in [0.25, 0.3) is 0 Å². The minimum absolute atomic E-state index is 0.785. The summed E-state index contributed by atoms with van der Waals surface area (Å²) in [5.74, 6) is 0.861. The summed E-state index contributed by atoms with van der Waals surface area (Å²) in [6.07, 6.45) is 5.63. The maximum absolute atomic E-state index is 3.40. The maximum Gasteiger partial charge on any atom is 0.0328 e. The molecule has 0 aromatic carbocycles. The van der Waals surface area contributed by atoms with E-state index >= 15 is 0 Å². The molecule has 0 radical (unpaired) electrons. The predicted molar refractivity (Wildman–Crippen MR) is 84.6 cm³/mol. The van der Waals surface area contributed by atoms with Gasteiger partial charge >= 0.3 is 0 Å². The lowest BCUT2D eigenvalue weighted by molar-refractivity contribution is 0.134. The van der Waals surface area contributed by atoms with Crippen molar-refractivity contribution < 1.29 is 0 Å². The van der Waals surface area contributed by atoms with E-state index < -0.39 is 0 Å². The van der Waals surface area contributed by atoms with Gasteiger partial charge in [0.2, 0.25) is 0 Å². The van der Waals surface area contributed by atoms with Gasteiger partial charge in [-0.25, -0.2) is 0 Å². The van der Waals surface area contributed by atoms with Gasteiger partial charge in [0.1, 0.15) is 0 Å². The molecule has 1 heterocycles. The average molecular weight is 280 g/mol. The van der Waals surface area contributed by atoms with Crippen molar-refractivity contribution in [3.63, 3.8) is 0 Å². The molecular weight excluding hydrogens is 252 g/mol. The highest BCUT2D eigenvalue weighted by Crippen LogP contribution is 2.29. The quantitative estimate of drug-likeness (QED) is 0.851. The Hall–Kier alpha value is -0.380. The van der Waals surface area contributed by atoms with E-state index in [4.69, 9.17) is 0 Å². The molecule has 1 aromatic rings. The lowest BCUT2D eigenvalue weighted by atomic mass is 9.85. The number of rotatable bonds is 6. The summed E-state index contributed by atoms with van der Waals surface area (Å²) >= 11 is 1.96. The summed E-state index contributed by atoms with van der Waals surface area (Å²) in [5.41, 5.74) is 0. The first-order valence-corrected chi connectivity index (χ1v) is 8.51. The van der Waals surface area contributed by atoms with Gasteiger partial charge < -0.3 is 5.32 Å². The fourth-order valence-corrected chi connectivity index (χ4v) is 4.22. The second-order valence-corrected chi connectivity index (χ2v) is 7.15. The molecule has 1 aliphatic rings. The Bertz CT molecular complexity index is 375. The van der Waals surface area contributed by atoms with Gasteiger partial charge in [0.25, 0.3) is 0 Å².